The van der Waals surface area contributed by atoms with Crippen molar-refractivity contribution < 1.29 is 9.53 Å². The summed E-state index contributed by atoms with van der Waals surface area (Å²) in [5.74, 6) is -0.305. The van der Waals surface area contributed by atoms with Crippen LogP contribution in [-0.2, 0) is 4.74 Å². The molecule has 0 unspecified atom stereocenters. The predicted molar refractivity (Wildman–Crippen MR) is 79.9 cm³/mol. The summed E-state index contributed by atoms with van der Waals surface area (Å²) >= 11 is 3.38. The van der Waals surface area contributed by atoms with Gasteiger partial charge in [-0.1, -0.05) is 52.3 Å². The molecule has 3 heteroatoms. The van der Waals surface area contributed by atoms with Gasteiger partial charge in [0.15, 0.2) is 0 Å². The van der Waals surface area contributed by atoms with Crippen molar-refractivity contribution in [3.05, 3.63) is 76.3 Å². The fraction of sp³-hybridized carbons (Fsp3) is 0.0625. The van der Waals surface area contributed by atoms with Crippen molar-refractivity contribution in [1.29, 1.82) is 0 Å². The first-order valence-electron chi connectivity index (χ1n) is 5.90. The second-order valence-electron chi connectivity index (χ2n) is 3.92. The number of carbonyl (C=O) groups is 1. The minimum atomic E-state index is -0.305. The number of ether oxygens (including phenoxy) is 1. The number of hydrogen-bond acceptors (Lipinski definition) is 2. The van der Waals surface area contributed by atoms with Crippen LogP contribution in [0.3, 0.4) is 0 Å². The van der Waals surface area contributed by atoms with Crippen molar-refractivity contribution in [3.8, 4) is 0 Å². The first-order chi connectivity index (χ1) is 9.25. The average molecular weight is 317 g/mol. The third kappa shape index (κ3) is 4.38. The van der Waals surface area contributed by atoms with Crippen LogP contribution >= 0.6 is 15.9 Å². The minimum absolute atomic E-state index is 0.268. The monoisotopic (exact) mass is 316 g/mol. The van der Waals surface area contributed by atoms with E-state index in [4.69, 9.17) is 4.74 Å². The molecule has 96 valence electrons. The maximum Gasteiger partial charge on any atom is 0.338 e. The number of benzene rings is 2. The number of rotatable bonds is 4. The Hall–Kier alpha value is -1.87. The molecule has 2 aromatic rings. The molecule has 0 aliphatic rings. The van der Waals surface area contributed by atoms with Gasteiger partial charge in [-0.15, -0.1) is 0 Å². The van der Waals surface area contributed by atoms with E-state index in [2.05, 4.69) is 15.9 Å². The lowest BCUT2D eigenvalue weighted by Crippen LogP contribution is -2.04. The Morgan fingerprint density at radius 2 is 1.74 bits per heavy atom. The molecular formula is C16H13BrO2. The normalized spacial score (nSPS) is 10.6. The fourth-order valence-corrected chi connectivity index (χ4v) is 1.80. The van der Waals surface area contributed by atoms with Gasteiger partial charge in [0, 0.05) is 4.47 Å². The summed E-state index contributed by atoms with van der Waals surface area (Å²) in [6, 6.07) is 16.9. The Morgan fingerprint density at radius 1 is 1.05 bits per heavy atom. The van der Waals surface area contributed by atoms with Crippen molar-refractivity contribution in [1.82, 2.24) is 0 Å². The van der Waals surface area contributed by atoms with E-state index < -0.39 is 0 Å². The first-order valence-corrected chi connectivity index (χ1v) is 6.69. The van der Waals surface area contributed by atoms with E-state index in [1.165, 1.54) is 0 Å². The van der Waals surface area contributed by atoms with Crippen LogP contribution in [0.2, 0.25) is 0 Å². The van der Waals surface area contributed by atoms with Crippen LogP contribution in [0.1, 0.15) is 15.9 Å². The topological polar surface area (TPSA) is 26.3 Å². The molecule has 2 aromatic carbocycles. The molecule has 0 aliphatic carbocycles. The van der Waals surface area contributed by atoms with Gasteiger partial charge in [-0.3, -0.25) is 0 Å². The van der Waals surface area contributed by atoms with Crippen molar-refractivity contribution in [2.24, 2.45) is 0 Å². The lowest BCUT2D eigenvalue weighted by Gasteiger charge is -2.01. The molecular weight excluding hydrogens is 304 g/mol. The maximum atomic E-state index is 11.6. The van der Waals surface area contributed by atoms with Gasteiger partial charge in [0.05, 0.1) is 5.56 Å². The third-order valence-corrected chi connectivity index (χ3v) is 3.03. The van der Waals surface area contributed by atoms with Gasteiger partial charge in [-0.05, 0) is 35.9 Å². The molecule has 0 aromatic heterocycles. The molecule has 0 heterocycles. The second-order valence-corrected chi connectivity index (χ2v) is 4.83. The molecule has 0 radical (unpaired) electrons. The quantitative estimate of drug-likeness (QED) is 0.785. The van der Waals surface area contributed by atoms with Crippen LogP contribution in [-0.4, -0.2) is 12.6 Å². The van der Waals surface area contributed by atoms with E-state index in [9.17, 15) is 4.79 Å². The molecule has 0 aliphatic heterocycles. The summed E-state index contributed by atoms with van der Waals surface area (Å²) in [7, 11) is 0. The molecule has 2 rings (SSSR count). The van der Waals surface area contributed by atoms with Gasteiger partial charge in [-0.2, -0.15) is 0 Å². The number of carbonyl (C=O) groups excluding carboxylic acids is 1. The zero-order valence-corrected chi connectivity index (χ0v) is 11.8. The molecule has 19 heavy (non-hydrogen) atoms. The average Bonchev–Trinajstić information content (AvgIpc) is 2.46. The molecule has 0 atom stereocenters. The van der Waals surface area contributed by atoms with Gasteiger partial charge in [0.1, 0.15) is 6.61 Å². The highest BCUT2D eigenvalue weighted by Gasteiger charge is 2.03. The van der Waals surface area contributed by atoms with E-state index in [1.807, 2.05) is 54.6 Å². The highest BCUT2D eigenvalue weighted by atomic mass is 79.9. The van der Waals surface area contributed by atoms with Crippen LogP contribution in [0.5, 0.6) is 0 Å². The Morgan fingerprint density at radius 3 is 2.42 bits per heavy atom. The number of hydrogen-bond donors (Lipinski definition) is 0. The number of halogens is 1. The van der Waals surface area contributed by atoms with Crippen molar-refractivity contribution in [3.63, 3.8) is 0 Å². The van der Waals surface area contributed by atoms with Crippen molar-refractivity contribution in [2.45, 2.75) is 0 Å². The lowest BCUT2D eigenvalue weighted by molar-refractivity contribution is 0.0550. The zero-order valence-electron chi connectivity index (χ0n) is 10.3. The van der Waals surface area contributed by atoms with E-state index in [-0.39, 0.29) is 12.6 Å². The van der Waals surface area contributed by atoms with Gasteiger partial charge >= 0.3 is 5.97 Å². The zero-order chi connectivity index (χ0) is 13.5. The van der Waals surface area contributed by atoms with Crippen molar-refractivity contribution in [2.75, 3.05) is 6.61 Å². The van der Waals surface area contributed by atoms with Gasteiger partial charge in [-0.25, -0.2) is 4.79 Å². The maximum absolute atomic E-state index is 11.6. The summed E-state index contributed by atoms with van der Waals surface area (Å²) in [5, 5.41) is 0. The first kappa shape index (κ1) is 13.6. The van der Waals surface area contributed by atoms with Crippen molar-refractivity contribution >= 4 is 28.0 Å². The lowest BCUT2D eigenvalue weighted by atomic mass is 10.2. The Balaban J connectivity index is 1.83. The summed E-state index contributed by atoms with van der Waals surface area (Å²) < 4.78 is 6.18. The smallest absolute Gasteiger partial charge is 0.338 e. The van der Waals surface area contributed by atoms with Crippen LogP contribution < -0.4 is 0 Å². The molecule has 2 nitrogen and oxygen atoms in total. The largest absolute Gasteiger partial charge is 0.458 e. The molecule has 0 N–H and O–H groups in total. The number of esters is 1. The summed E-state index contributed by atoms with van der Waals surface area (Å²) in [6.45, 7) is 0.268. The fourth-order valence-electron chi connectivity index (χ4n) is 1.54. The van der Waals surface area contributed by atoms with Crippen LogP contribution in [0.4, 0.5) is 0 Å². The molecule has 0 amide bonds. The Kier molecular flexibility index (Phi) is 4.93. The Labute approximate surface area is 120 Å². The predicted octanol–water partition coefficient (Wildman–Crippen LogP) is 4.32. The molecule has 0 saturated carbocycles. The van der Waals surface area contributed by atoms with E-state index in [1.54, 1.807) is 12.1 Å². The summed E-state index contributed by atoms with van der Waals surface area (Å²) in [5.41, 5.74) is 1.64. The van der Waals surface area contributed by atoms with E-state index >= 15 is 0 Å². The molecule has 0 bridgehead atoms. The molecule has 0 spiro atoms. The standard InChI is InChI=1S/C16H13BrO2/c17-15-10-8-13(9-11-15)5-4-12-19-16(18)14-6-2-1-3-7-14/h1-11H,12H2/b5-4+. The minimum Gasteiger partial charge on any atom is -0.458 e. The summed E-state index contributed by atoms with van der Waals surface area (Å²) in [6.07, 6.45) is 3.74. The Bertz CT molecular complexity index is 559. The van der Waals surface area contributed by atoms with Crippen LogP contribution in [0.25, 0.3) is 6.08 Å². The van der Waals surface area contributed by atoms with E-state index in [0.717, 1.165) is 10.0 Å². The van der Waals surface area contributed by atoms with Gasteiger partial charge in [0.25, 0.3) is 0 Å². The highest BCUT2D eigenvalue weighted by Crippen LogP contribution is 2.11. The second kappa shape index (κ2) is 6.90. The SMILES string of the molecule is O=C(OC/C=C/c1ccc(Br)cc1)c1ccccc1. The van der Waals surface area contributed by atoms with E-state index in [0.29, 0.717) is 5.56 Å². The highest BCUT2D eigenvalue weighted by molar-refractivity contribution is 9.10. The van der Waals surface area contributed by atoms with Crippen LogP contribution in [0, 0.1) is 0 Å². The van der Waals surface area contributed by atoms with Gasteiger partial charge in [0.2, 0.25) is 0 Å². The summed E-state index contributed by atoms with van der Waals surface area (Å²) in [4.78, 5) is 11.6. The van der Waals surface area contributed by atoms with Gasteiger partial charge < -0.3 is 4.74 Å². The third-order valence-electron chi connectivity index (χ3n) is 2.50. The molecule has 0 saturated heterocycles. The molecule has 0 fully saturated rings. The van der Waals surface area contributed by atoms with Crippen LogP contribution in [0.15, 0.2) is 65.1 Å².